The van der Waals surface area contributed by atoms with Crippen molar-refractivity contribution in [3.8, 4) is 0 Å². The maximum Gasteiger partial charge on any atom is 0.193 e. The van der Waals surface area contributed by atoms with E-state index in [0.29, 0.717) is 0 Å². The van der Waals surface area contributed by atoms with Crippen molar-refractivity contribution in [1.82, 2.24) is 20.0 Å². The number of nitrogens with zero attached hydrogens (tertiary/aromatic N) is 4. The molecule has 0 bridgehead atoms. The van der Waals surface area contributed by atoms with Crippen molar-refractivity contribution in [3.63, 3.8) is 0 Å². The van der Waals surface area contributed by atoms with Crippen molar-refractivity contribution in [3.05, 3.63) is 29.6 Å². The minimum absolute atomic E-state index is 0.779. The quantitative estimate of drug-likeness (QED) is 0.347. The average molecular weight is 305 g/mol. The maximum absolute atomic E-state index is 4.75. The van der Waals surface area contributed by atoms with Gasteiger partial charge in [0, 0.05) is 39.4 Å². The van der Waals surface area contributed by atoms with Crippen LogP contribution in [0.25, 0.3) is 0 Å². The molecule has 0 aliphatic carbocycles. The summed E-state index contributed by atoms with van der Waals surface area (Å²) >= 11 is 0. The fraction of sp³-hybridized carbons (Fsp3) is 0.647. The first-order valence-electron chi connectivity index (χ1n) is 8.10. The van der Waals surface area contributed by atoms with Crippen LogP contribution in [0.1, 0.15) is 36.7 Å². The second kappa shape index (κ2) is 9.28. The summed E-state index contributed by atoms with van der Waals surface area (Å²) in [5.41, 5.74) is 3.66. The molecule has 0 unspecified atom stereocenters. The molecule has 0 aliphatic heterocycles. The molecule has 0 amide bonds. The lowest BCUT2D eigenvalue weighted by atomic mass is 10.1. The highest BCUT2D eigenvalue weighted by Gasteiger charge is 2.09. The van der Waals surface area contributed by atoms with Gasteiger partial charge < -0.3 is 10.2 Å². The predicted molar refractivity (Wildman–Crippen MR) is 94.4 cm³/mol. The summed E-state index contributed by atoms with van der Waals surface area (Å²) in [5, 5.41) is 7.82. The molecule has 0 spiro atoms. The van der Waals surface area contributed by atoms with Crippen molar-refractivity contribution < 1.29 is 0 Å². The summed E-state index contributed by atoms with van der Waals surface area (Å²) in [7, 11) is 4.08. The molecular weight excluding hydrogens is 274 g/mol. The maximum atomic E-state index is 4.75. The van der Waals surface area contributed by atoms with E-state index in [2.05, 4.69) is 49.7 Å². The van der Waals surface area contributed by atoms with Crippen LogP contribution in [-0.4, -0.2) is 47.3 Å². The fourth-order valence-electron chi connectivity index (χ4n) is 2.50. The Balaban J connectivity index is 2.63. The number of aryl methyl sites for hydroxylation is 2. The molecule has 0 aromatic carbocycles. The third-order valence-corrected chi connectivity index (χ3v) is 3.88. The highest BCUT2D eigenvalue weighted by atomic mass is 15.3. The number of unbranched alkanes of at least 4 members (excludes halogenated alkanes) is 1. The summed E-state index contributed by atoms with van der Waals surface area (Å²) in [6.07, 6.45) is 5.04. The molecule has 1 aromatic heterocycles. The highest BCUT2D eigenvalue weighted by Crippen LogP contribution is 2.12. The van der Waals surface area contributed by atoms with Crippen LogP contribution in [0.15, 0.2) is 17.6 Å². The summed E-state index contributed by atoms with van der Waals surface area (Å²) < 4.78 is 1.95. The highest BCUT2D eigenvalue weighted by molar-refractivity contribution is 5.79. The van der Waals surface area contributed by atoms with Crippen LogP contribution >= 0.6 is 0 Å². The lowest BCUT2D eigenvalue weighted by Crippen LogP contribution is -2.39. The van der Waals surface area contributed by atoms with E-state index in [1.807, 2.05) is 17.8 Å². The second-order valence-corrected chi connectivity index (χ2v) is 5.61. The molecule has 0 fully saturated rings. The molecule has 22 heavy (non-hydrogen) atoms. The number of rotatable bonds is 8. The first kappa shape index (κ1) is 18.3. The number of nitrogens with one attached hydrogen (secondary N) is 1. The van der Waals surface area contributed by atoms with E-state index in [4.69, 9.17) is 4.99 Å². The Morgan fingerprint density at radius 3 is 2.73 bits per heavy atom. The van der Waals surface area contributed by atoms with Gasteiger partial charge >= 0.3 is 0 Å². The van der Waals surface area contributed by atoms with E-state index in [1.54, 1.807) is 0 Å². The van der Waals surface area contributed by atoms with E-state index in [0.717, 1.165) is 50.6 Å². The number of aromatic nitrogens is 2. The molecule has 0 atom stereocenters. The van der Waals surface area contributed by atoms with Gasteiger partial charge in [0.05, 0.1) is 5.69 Å². The number of guanidine groups is 1. The van der Waals surface area contributed by atoms with Crippen molar-refractivity contribution in [1.29, 1.82) is 0 Å². The molecular formula is C17H31N5. The Bertz CT molecular complexity index is 501. The van der Waals surface area contributed by atoms with Crippen molar-refractivity contribution >= 4 is 5.96 Å². The summed E-state index contributed by atoms with van der Waals surface area (Å²) in [6.45, 7) is 12.7. The molecule has 5 heteroatoms. The molecule has 0 aliphatic rings. The average Bonchev–Trinajstić information content (AvgIpc) is 2.72. The number of hydrogen-bond donors (Lipinski definition) is 1. The van der Waals surface area contributed by atoms with E-state index < -0.39 is 0 Å². The fourth-order valence-corrected chi connectivity index (χ4v) is 2.50. The van der Waals surface area contributed by atoms with Gasteiger partial charge in [0.15, 0.2) is 5.96 Å². The zero-order chi connectivity index (χ0) is 16.5. The lowest BCUT2D eigenvalue weighted by Gasteiger charge is -2.21. The molecule has 0 radical (unpaired) electrons. The van der Waals surface area contributed by atoms with Crippen molar-refractivity contribution in [2.45, 2.75) is 40.0 Å². The number of allylic oxidation sites excluding steroid dienone is 1. The van der Waals surface area contributed by atoms with Gasteiger partial charge in [-0.2, -0.15) is 5.10 Å². The van der Waals surface area contributed by atoms with Gasteiger partial charge in [-0.3, -0.25) is 9.67 Å². The van der Waals surface area contributed by atoms with E-state index in [9.17, 15) is 0 Å². The third-order valence-electron chi connectivity index (χ3n) is 3.88. The Morgan fingerprint density at radius 2 is 2.18 bits per heavy atom. The molecule has 5 nitrogen and oxygen atoms in total. The monoisotopic (exact) mass is 305 g/mol. The molecule has 0 saturated heterocycles. The van der Waals surface area contributed by atoms with Crippen LogP contribution in [0.5, 0.6) is 0 Å². The van der Waals surface area contributed by atoms with Gasteiger partial charge in [0.2, 0.25) is 0 Å². The van der Waals surface area contributed by atoms with Crippen LogP contribution in [-0.2, 0) is 13.5 Å². The van der Waals surface area contributed by atoms with Gasteiger partial charge in [0.1, 0.15) is 0 Å². The Labute approximate surface area is 135 Å². The standard InChI is InChI=1S/C17H31N5/c1-7-9-10-13-21(5)17(18-8-2)19-12-11-16-14(3)20-22(6)15(16)4/h7H,1,8-13H2,2-6H3,(H,18,19). The Hall–Kier alpha value is -1.78. The Kier molecular flexibility index (Phi) is 7.71. The van der Waals surface area contributed by atoms with Crippen LogP contribution in [0.3, 0.4) is 0 Å². The van der Waals surface area contributed by atoms with Crippen molar-refractivity contribution in [2.75, 3.05) is 26.7 Å². The smallest absolute Gasteiger partial charge is 0.193 e. The number of hydrogen-bond acceptors (Lipinski definition) is 2. The first-order valence-corrected chi connectivity index (χ1v) is 8.10. The molecule has 1 heterocycles. The van der Waals surface area contributed by atoms with E-state index in [1.165, 1.54) is 11.3 Å². The molecule has 124 valence electrons. The minimum atomic E-state index is 0.779. The number of aliphatic imine (C=N–C) groups is 1. The van der Waals surface area contributed by atoms with Crippen LogP contribution in [0.2, 0.25) is 0 Å². The zero-order valence-corrected chi connectivity index (χ0v) is 14.8. The lowest BCUT2D eigenvalue weighted by molar-refractivity contribution is 0.470. The van der Waals surface area contributed by atoms with E-state index in [-0.39, 0.29) is 0 Å². The van der Waals surface area contributed by atoms with Gasteiger partial charge in [-0.25, -0.2) is 0 Å². The SMILES string of the molecule is C=CCCCN(C)C(=NCCc1c(C)nn(C)c1C)NCC. The molecule has 1 N–H and O–H groups in total. The Morgan fingerprint density at radius 1 is 1.45 bits per heavy atom. The normalized spacial score (nSPS) is 11.6. The van der Waals surface area contributed by atoms with Crippen LogP contribution in [0.4, 0.5) is 0 Å². The molecule has 1 aromatic rings. The summed E-state index contributed by atoms with van der Waals surface area (Å²) in [5.74, 6) is 0.978. The topological polar surface area (TPSA) is 45.5 Å². The van der Waals surface area contributed by atoms with Crippen LogP contribution in [0, 0.1) is 13.8 Å². The summed E-state index contributed by atoms with van der Waals surface area (Å²) in [4.78, 5) is 6.94. The molecule has 0 saturated carbocycles. The predicted octanol–water partition coefficient (Wildman–Crippen LogP) is 2.44. The zero-order valence-electron chi connectivity index (χ0n) is 14.8. The van der Waals surface area contributed by atoms with Crippen molar-refractivity contribution in [2.24, 2.45) is 12.0 Å². The van der Waals surface area contributed by atoms with Gasteiger partial charge in [-0.05, 0) is 45.6 Å². The van der Waals surface area contributed by atoms with Crippen LogP contribution < -0.4 is 5.32 Å². The third kappa shape index (κ3) is 5.20. The van der Waals surface area contributed by atoms with Gasteiger partial charge in [-0.1, -0.05) is 6.08 Å². The summed E-state index contributed by atoms with van der Waals surface area (Å²) in [6, 6.07) is 0. The minimum Gasteiger partial charge on any atom is -0.357 e. The molecule has 1 rings (SSSR count). The first-order chi connectivity index (χ1) is 10.5. The van der Waals surface area contributed by atoms with Gasteiger partial charge in [-0.15, -0.1) is 6.58 Å². The second-order valence-electron chi connectivity index (χ2n) is 5.61. The largest absolute Gasteiger partial charge is 0.357 e. The van der Waals surface area contributed by atoms with E-state index >= 15 is 0 Å². The van der Waals surface area contributed by atoms with Gasteiger partial charge in [0.25, 0.3) is 0 Å².